The summed E-state index contributed by atoms with van der Waals surface area (Å²) in [6, 6.07) is 21.1. The molecule has 32 heavy (non-hydrogen) atoms. The van der Waals surface area contributed by atoms with Crippen LogP contribution in [0.4, 0.5) is 0 Å². The van der Waals surface area contributed by atoms with Crippen molar-refractivity contribution < 1.29 is 19.4 Å². The Morgan fingerprint density at radius 1 is 0.969 bits per heavy atom. The molecule has 0 aliphatic rings. The average molecular weight is 497 g/mol. The summed E-state index contributed by atoms with van der Waals surface area (Å²) in [5.41, 5.74) is 2.10. The molecular weight excluding hydrogens is 472 g/mol. The van der Waals surface area contributed by atoms with Crippen molar-refractivity contribution in [2.45, 2.75) is 19.4 Å². The molecule has 0 fully saturated rings. The van der Waals surface area contributed by atoms with Crippen molar-refractivity contribution in [2.75, 3.05) is 13.2 Å². The maximum atomic E-state index is 13.1. The molecule has 7 heteroatoms. The van der Waals surface area contributed by atoms with Crippen molar-refractivity contribution in [3.05, 3.63) is 94.0 Å². The van der Waals surface area contributed by atoms with Gasteiger partial charge in [0.05, 0.1) is 23.9 Å². The van der Waals surface area contributed by atoms with Gasteiger partial charge in [0, 0.05) is 11.6 Å². The Kier molecular flexibility index (Phi) is 8.03. The maximum absolute atomic E-state index is 13.1. The van der Waals surface area contributed by atoms with Gasteiger partial charge < -0.3 is 14.6 Å². The van der Waals surface area contributed by atoms with E-state index in [1.807, 2.05) is 26.0 Å². The molecule has 2 N–H and O–H groups in total. The summed E-state index contributed by atoms with van der Waals surface area (Å²) in [5.74, 6) is 0.548. The SMILES string of the molecule is CCOc1cc(OCC)c(/C=N\NC(=O)C(O)(c2ccccc2)c2ccccc2)cc1Br. The monoisotopic (exact) mass is 496 g/mol. The standard InChI is InChI=1S/C25H25BrN2O4/c1-3-31-22-16-23(32-4-2)21(26)15-18(22)17-27-28-24(29)25(30,19-11-7-5-8-12-19)20-13-9-6-10-14-20/h5-17,30H,3-4H2,1-2H3,(H,28,29)/b27-17-. The smallest absolute Gasteiger partial charge is 0.281 e. The van der Waals surface area contributed by atoms with Crippen LogP contribution in [-0.2, 0) is 10.4 Å². The van der Waals surface area contributed by atoms with Crippen molar-refractivity contribution in [1.82, 2.24) is 5.43 Å². The van der Waals surface area contributed by atoms with Crippen LogP contribution in [0.5, 0.6) is 11.5 Å². The number of nitrogens with zero attached hydrogens (tertiary/aromatic N) is 1. The first-order chi connectivity index (χ1) is 15.5. The Bertz CT molecular complexity index is 1030. The molecule has 1 amide bonds. The van der Waals surface area contributed by atoms with E-state index in [0.29, 0.717) is 41.4 Å². The Morgan fingerprint density at radius 3 is 2.03 bits per heavy atom. The lowest BCUT2D eigenvalue weighted by molar-refractivity contribution is -0.136. The van der Waals surface area contributed by atoms with Gasteiger partial charge in [0.25, 0.3) is 5.91 Å². The van der Waals surface area contributed by atoms with E-state index in [-0.39, 0.29) is 0 Å². The van der Waals surface area contributed by atoms with Gasteiger partial charge in [-0.25, -0.2) is 5.43 Å². The Hall–Kier alpha value is -3.16. The third-order valence-electron chi connectivity index (χ3n) is 4.75. The minimum Gasteiger partial charge on any atom is -0.493 e. The molecule has 3 aromatic rings. The third-order valence-corrected chi connectivity index (χ3v) is 5.37. The van der Waals surface area contributed by atoms with E-state index in [4.69, 9.17) is 9.47 Å². The number of halogens is 1. The van der Waals surface area contributed by atoms with Crippen LogP contribution in [0.15, 0.2) is 82.4 Å². The number of benzene rings is 3. The number of carbonyl (C=O) groups is 1. The van der Waals surface area contributed by atoms with Crippen molar-refractivity contribution >= 4 is 28.1 Å². The summed E-state index contributed by atoms with van der Waals surface area (Å²) in [4.78, 5) is 13.1. The fourth-order valence-corrected chi connectivity index (χ4v) is 3.70. The summed E-state index contributed by atoms with van der Waals surface area (Å²) >= 11 is 3.48. The number of rotatable bonds is 9. The van der Waals surface area contributed by atoms with E-state index >= 15 is 0 Å². The fourth-order valence-electron chi connectivity index (χ4n) is 3.23. The molecule has 0 unspecified atom stereocenters. The number of hydrogen-bond acceptors (Lipinski definition) is 5. The first-order valence-corrected chi connectivity index (χ1v) is 11.1. The molecule has 0 heterocycles. The largest absolute Gasteiger partial charge is 0.493 e. The van der Waals surface area contributed by atoms with Gasteiger partial charge in [-0.2, -0.15) is 5.10 Å². The number of ether oxygens (including phenoxy) is 2. The van der Waals surface area contributed by atoms with Crippen molar-refractivity contribution in [2.24, 2.45) is 5.10 Å². The highest BCUT2D eigenvalue weighted by Crippen LogP contribution is 2.33. The van der Waals surface area contributed by atoms with Crippen LogP contribution in [0.1, 0.15) is 30.5 Å². The lowest BCUT2D eigenvalue weighted by Gasteiger charge is -2.27. The van der Waals surface area contributed by atoms with Crippen molar-refractivity contribution in [3.63, 3.8) is 0 Å². The molecule has 3 aromatic carbocycles. The van der Waals surface area contributed by atoms with E-state index in [0.717, 1.165) is 4.47 Å². The number of aliphatic hydroxyl groups is 1. The second kappa shape index (κ2) is 10.9. The number of hydrogen-bond donors (Lipinski definition) is 2. The van der Waals surface area contributed by atoms with Gasteiger partial charge in [0.1, 0.15) is 11.5 Å². The molecule has 0 aromatic heterocycles. The minimum atomic E-state index is -1.90. The van der Waals surface area contributed by atoms with Gasteiger partial charge in [-0.3, -0.25) is 4.79 Å². The molecule has 0 bridgehead atoms. The van der Waals surface area contributed by atoms with Crippen LogP contribution >= 0.6 is 15.9 Å². The first-order valence-electron chi connectivity index (χ1n) is 10.3. The number of hydrazone groups is 1. The Labute approximate surface area is 196 Å². The Balaban J connectivity index is 1.89. The molecular formula is C25H25BrN2O4. The lowest BCUT2D eigenvalue weighted by atomic mass is 9.85. The normalized spacial score (nSPS) is 11.4. The van der Waals surface area contributed by atoms with Gasteiger partial charge in [0.2, 0.25) is 0 Å². The number of carbonyl (C=O) groups excluding carboxylic acids is 1. The summed E-state index contributed by atoms with van der Waals surface area (Å²) in [7, 11) is 0. The van der Waals surface area contributed by atoms with Crippen LogP contribution in [-0.4, -0.2) is 30.4 Å². The lowest BCUT2D eigenvalue weighted by Crippen LogP contribution is -2.43. The number of amides is 1. The van der Waals surface area contributed by atoms with Crippen LogP contribution in [0.3, 0.4) is 0 Å². The fraction of sp³-hybridized carbons (Fsp3) is 0.200. The van der Waals surface area contributed by atoms with Crippen molar-refractivity contribution in [3.8, 4) is 11.5 Å². The van der Waals surface area contributed by atoms with Gasteiger partial charge in [0.15, 0.2) is 5.60 Å². The highest BCUT2D eigenvalue weighted by atomic mass is 79.9. The summed E-state index contributed by atoms with van der Waals surface area (Å²) in [5, 5.41) is 15.6. The summed E-state index contributed by atoms with van der Waals surface area (Å²) < 4.78 is 12.0. The molecule has 3 rings (SSSR count). The van der Waals surface area contributed by atoms with E-state index in [1.54, 1.807) is 60.7 Å². The maximum Gasteiger partial charge on any atom is 0.281 e. The number of nitrogens with one attached hydrogen (secondary N) is 1. The van der Waals surface area contributed by atoms with Crippen LogP contribution in [0.2, 0.25) is 0 Å². The molecule has 6 nitrogen and oxygen atoms in total. The van der Waals surface area contributed by atoms with Crippen LogP contribution in [0, 0.1) is 0 Å². The highest BCUT2D eigenvalue weighted by molar-refractivity contribution is 9.10. The van der Waals surface area contributed by atoms with Crippen LogP contribution < -0.4 is 14.9 Å². The molecule has 0 radical (unpaired) electrons. The topological polar surface area (TPSA) is 80.2 Å². The second-order valence-electron chi connectivity index (χ2n) is 6.83. The molecule has 0 aliphatic heterocycles. The zero-order chi connectivity index (χ0) is 23.0. The van der Waals surface area contributed by atoms with Crippen molar-refractivity contribution in [1.29, 1.82) is 0 Å². The zero-order valence-corrected chi connectivity index (χ0v) is 19.5. The molecule has 0 saturated heterocycles. The minimum absolute atomic E-state index is 0.442. The van der Waals surface area contributed by atoms with Gasteiger partial charge in [-0.15, -0.1) is 0 Å². The summed E-state index contributed by atoms with van der Waals surface area (Å²) in [6.45, 7) is 4.76. The quantitative estimate of drug-likeness (QED) is 0.334. The first kappa shape index (κ1) is 23.5. The van der Waals surface area contributed by atoms with E-state index in [2.05, 4.69) is 26.5 Å². The molecule has 0 saturated carbocycles. The van der Waals surface area contributed by atoms with E-state index < -0.39 is 11.5 Å². The predicted molar refractivity (Wildman–Crippen MR) is 128 cm³/mol. The molecule has 0 aliphatic carbocycles. The third kappa shape index (κ3) is 5.18. The molecule has 166 valence electrons. The Morgan fingerprint density at radius 2 is 1.50 bits per heavy atom. The van der Waals surface area contributed by atoms with Gasteiger partial charge in [-0.05, 0) is 47.0 Å². The molecule has 0 atom stereocenters. The highest BCUT2D eigenvalue weighted by Gasteiger charge is 2.39. The van der Waals surface area contributed by atoms with Gasteiger partial charge >= 0.3 is 0 Å². The predicted octanol–water partition coefficient (Wildman–Crippen LogP) is 4.63. The molecule has 0 spiro atoms. The van der Waals surface area contributed by atoms with Crippen LogP contribution in [0.25, 0.3) is 0 Å². The van der Waals surface area contributed by atoms with Gasteiger partial charge in [-0.1, -0.05) is 60.7 Å². The van der Waals surface area contributed by atoms with E-state index in [1.165, 1.54) is 6.21 Å². The zero-order valence-electron chi connectivity index (χ0n) is 17.9. The second-order valence-corrected chi connectivity index (χ2v) is 7.68. The average Bonchev–Trinajstić information content (AvgIpc) is 2.82. The summed E-state index contributed by atoms with van der Waals surface area (Å²) in [6.07, 6.45) is 1.47. The van der Waals surface area contributed by atoms with E-state index in [9.17, 15) is 9.90 Å².